The van der Waals surface area contributed by atoms with Gasteiger partial charge in [0.25, 0.3) is 11.8 Å². The van der Waals surface area contributed by atoms with Crippen LogP contribution in [0.1, 0.15) is 17.5 Å². The second-order valence-corrected chi connectivity index (χ2v) is 8.94. The molecule has 0 fully saturated rings. The quantitative estimate of drug-likeness (QED) is 0.167. The van der Waals surface area contributed by atoms with Crippen LogP contribution in [0.15, 0.2) is 70.6 Å². The van der Waals surface area contributed by atoms with E-state index in [1.165, 1.54) is 0 Å². The molecule has 0 aliphatic carbocycles. The molecule has 9 nitrogen and oxygen atoms in total. The Morgan fingerprint density at radius 1 is 0.943 bits per heavy atom. The molecule has 1 aliphatic rings. The zero-order chi connectivity index (χ0) is 24.5. The summed E-state index contributed by atoms with van der Waals surface area (Å²) in [6.07, 6.45) is 3.19. The van der Waals surface area contributed by atoms with Gasteiger partial charge in [0.1, 0.15) is 0 Å². The smallest absolute Gasteiger partial charge is 0.450 e. The average Bonchev–Trinajstić information content (AvgIpc) is 3.46. The molecule has 1 aliphatic heterocycles. The lowest BCUT2D eigenvalue weighted by Crippen LogP contribution is -2.22. The molecule has 5 rings (SSSR count). The normalized spacial score (nSPS) is 14.1. The third kappa shape index (κ3) is 4.12. The van der Waals surface area contributed by atoms with Crippen molar-refractivity contribution >= 4 is 62.8 Å². The van der Waals surface area contributed by atoms with Crippen molar-refractivity contribution in [1.29, 1.82) is 0 Å². The monoisotopic (exact) mass is 487 g/mol. The van der Waals surface area contributed by atoms with Crippen LogP contribution in [-0.2, 0) is 23.2 Å². The van der Waals surface area contributed by atoms with E-state index in [-0.39, 0.29) is 0 Å². The number of rotatable bonds is 7. The number of aromatic nitrogens is 2. The molecule has 2 N–H and O–H groups in total. The standard InChI is InChI=1S/C25H21N5O4S/c1-29-13-17(15-7-2-4-9-19(15)29)21-22(24(32)26-23(21)31)18-14-30(20-10-5-3-8-16(18)20)11-6-12-35-28-27-25(33)34/h2-5,7-10,13-14H,6,11-12H2,1H3,(H,33,34)(H,26,31,32). The van der Waals surface area contributed by atoms with Crippen LogP contribution in [-0.4, -0.2) is 37.9 Å². The summed E-state index contributed by atoms with van der Waals surface area (Å²) in [4.78, 5) is 36.5. The predicted molar refractivity (Wildman–Crippen MR) is 135 cm³/mol. The summed E-state index contributed by atoms with van der Waals surface area (Å²) < 4.78 is 7.55. The fourth-order valence-electron chi connectivity index (χ4n) is 4.55. The fourth-order valence-corrected chi connectivity index (χ4v) is 5.01. The van der Waals surface area contributed by atoms with Crippen LogP contribution in [0.3, 0.4) is 0 Å². The number of aryl methyl sites for hydroxylation is 2. The van der Waals surface area contributed by atoms with Crippen molar-refractivity contribution in [1.82, 2.24) is 14.5 Å². The minimum absolute atomic E-state index is 0.367. The van der Waals surface area contributed by atoms with E-state index in [4.69, 9.17) is 5.11 Å². The molecule has 2 aromatic heterocycles. The molecule has 3 amide bonds. The largest absolute Gasteiger partial charge is 0.462 e. The molecular formula is C25H21N5O4S. The highest BCUT2D eigenvalue weighted by molar-refractivity contribution is 7.97. The molecule has 0 saturated carbocycles. The maximum Gasteiger partial charge on any atom is 0.450 e. The van der Waals surface area contributed by atoms with Crippen LogP contribution in [0.25, 0.3) is 33.0 Å². The van der Waals surface area contributed by atoms with Crippen LogP contribution in [0, 0.1) is 0 Å². The molecule has 0 unspecified atom stereocenters. The highest BCUT2D eigenvalue weighted by Gasteiger charge is 2.35. The van der Waals surface area contributed by atoms with Gasteiger partial charge >= 0.3 is 6.09 Å². The molecule has 4 aromatic rings. The molecule has 35 heavy (non-hydrogen) atoms. The molecule has 176 valence electrons. The predicted octanol–water partition coefficient (Wildman–Crippen LogP) is 4.87. The third-order valence-electron chi connectivity index (χ3n) is 5.97. The SMILES string of the molecule is Cn1cc(C2=C(c3cn(CCCSN=NC(=O)O)c4ccccc34)C(=O)NC2=O)c2ccccc21. The summed E-state index contributed by atoms with van der Waals surface area (Å²) in [6.45, 7) is 0.628. The zero-order valence-electron chi connectivity index (χ0n) is 18.8. The van der Waals surface area contributed by atoms with Gasteiger partial charge in [-0.1, -0.05) is 41.5 Å². The van der Waals surface area contributed by atoms with Crippen molar-refractivity contribution in [3.05, 3.63) is 72.1 Å². The lowest BCUT2D eigenvalue weighted by molar-refractivity contribution is -0.122. The summed E-state index contributed by atoms with van der Waals surface area (Å²) in [5.41, 5.74) is 4.08. The van der Waals surface area contributed by atoms with Gasteiger partial charge in [-0.05, 0) is 30.5 Å². The number of para-hydroxylation sites is 2. The van der Waals surface area contributed by atoms with Crippen LogP contribution >= 0.6 is 11.9 Å². The first kappa shape index (κ1) is 22.6. The van der Waals surface area contributed by atoms with Gasteiger partial charge in [0.15, 0.2) is 0 Å². The second kappa shape index (κ2) is 9.22. The van der Waals surface area contributed by atoms with E-state index >= 15 is 0 Å². The van der Waals surface area contributed by atoms with E-state index in [9.17, 15) is 14.4 Å². The number of amides is 3. The van der Waals surface area contributed by atoms with Gasteiger partial charge in [0.2, 0.25) is 0 Å². The van der Waals surface area contributed by atoms with Crippen molar-refractivity contribution < 1.29 is 19.5 Å². The Morgan fingerprint density at radius 2 is 1.54 bits per heavy atom. The van der Waals surface area contributed by atoms with Crippen molar-refractivity contribution in [2.75, 3.05) is 5.75 Å². The van der Waals surface area contributed by atoms with Crippen LogP contribution in [0.4, 0.5) is 4.79 Å². The number of nitrogens with one attached hydrogen (secondary N) is 1. The Hall–Kier alpha value is -4.18. The van der Waals surface area contributed by atoms with Crippen molar-refractivity contribution in [2.24, 2.45) is 16.7 Å². The Morgan fingerprint density at radius 3 is 2.23 bits per heavy atom. The average molecular weight is 488 g/mol. The Balaban J connectivity index is 1.58. The number of hydrogen-bond acceptors (Lipinski definition) is 5. The molecule has 10 heteroatoms. The van der Waals surface area contributed by atoms with E-state index in [0.29, 0.717) is 35.4 Å². The number of carbonyl (C=O) groups excluding carboxylic acids is 2. The Labute approximate surface area is 204 Å². The molecule has 0 radical (unpaired) electrons. The van der Waals surface area contributed by atoms with Gasteiger partial charge in [-0.2, -0.15) is 0 Å². The van der Waals surface area contributed by atoms with Crippen LogP contribution < -0.4 is 5.32 Å². The zero-order valence-corrected chi connectivity index (χ0v) is 19.6. The van der Waals surface area contributed by atoms with Crippen molar-refractivity contribution in [3.63, 3.8) is 0 Å². The first-order valence-electron chi connectivity index (χ1n) is 10.9. The number of carbonyl (C=O) groups is 3. The lowest BCUT2D eigenvalue weighted by Gasteiger charge is -2.03. The molecule has 0 saturated heterocycles. The maximum atomic E-state index is 13.1. The number of hydrogen-bond donors (Lipinski definition) is 2. The van der Waals surface area contributed by atoms with Gasteiger partial charge in [0, 0.05) is 64.7 Å². The molecule has 3 heterocycles. The number of nitrogens with zero attached hydrogens (tertiary/aromatic N) is 4. The Kier molecular flexibility index (Phi) is 5.96. The summed E-state index contributed by atoms with van der Waals surface area (Å²) >= 11 is 1.08. The first-order chi connectivity index (χ1) is 17.0. The van der Waals surface area contributed by atoms with Gasteiger partial charge in [-0.15, -0.1) is 4.52 Å². The van der Waals surface area contributed by atoms with Gasteiger partial charge in [0.05, 0.1) is 11.1 Å². The summed E-state index contributed by atoms with van der Waals surface area (Å²) in [7, 11) is 1.92. The van der Waals surface area contributed by atoms with Crippen LogP contribution in [0.5, 0.6) is 0 Å². The molecule has 0 bridgehead atoms. The highest BCUT2D eigenvalue weighted by Crippen LogP contribution is 2.38. The third-order valence-corrected chi connectivity index (χ3v) is 6.64. The number of carboxylic acid groups (broad SMARTS) is 1. The van der Waals surface area contributed by atoms with Gasteiger partial charge in [-0.3, -0.25) is 14.9 Å². The molecular weight excluding hydrogens is 466 g/mol. The van der Waals surface area contributed by atoms with E-state index < -0.39 is 17.9 Å². The molecule has 0 atom stereocenters. The number of benzene rings is 2. The Bertz CT molecular complexity index is 1560. The van der Waals surface area contributed by atoms with E-state index in [1.807, 2.05) is 77.1 Å². The maximum absolute atomic E-state index is 13.1. The van der Waals surface area contributed by atoms with E-state index in [0.717, 1.165) is 39.3 Å². The first-order valence-corrected chi connectivity index (χ1v) is 11.9. The second-order valence-electron chi connectivity index (χ2n) is 8.11. The summed E-state index contributed by atoms with van der Waals surface area (Å²) in [5.74, 6) is -0.231. The van der Waals surface area contributed by atoms with Gasteiger partial charge in [-0.25, -0.2) is 4.79 Å². The van der Waals surface area contributed by atoms with Crippen molar-refractivity contribution in [3.8, 4) is 0 Å². The van der Waals surface area contributed by atoms with Crippen molar-refractivity contribution in [2.45, 2.75) is 13.0 Å². The van der Waals surface area contributed by atoms with E-state index in [1.54, 1.807) is 0 Å². The summed E-state index contributed by atoms with van der Waals surface area (Å²) in [5, 5.41) is 15.9. The highest BCUT2D eigenvalue weighted by atomic mass is 32.2. The van der Waals surface area contributed by atoms with E-state index in [2.05, 4.69) is 15.0 Å². The number of imide groups is 1. The lowest BCUT2D eigenvalue weighted by atomic mass is 9.95. The fraction of sp³-hybridized carbons (Fsp3) is 0.160. The minimum atomic E-state index is -1.32. The van der Waals surface area contributed by atoms with Gasteiger partial charge < -0.3 is 14.2 Å². The summed E-state index contributed by atoms with van der Waals surface area (Å²) in [6, 6.07) is 15.5. The molecule has 0 spiro atoms. The molecule has 2 aromatic carbocycles. The minimum Gasteiger partial charge on any atom is -0.462 e. The number of fused-ring (bicyclic) bond motifs is 2. The topological polar surface area (TPSA) is 118 Å². The van der Waals surface area contributed by atoms with Crippen LogP contribution in [0.2, 0.25) is 0 Å².